The van der Waals surface area contributed by atoms with Crippen molar-refractivity contribution in [1.82, 2.24) is 4.42 Å². The molecule has 0 aromatic heterocycles. The summed E-state index contributed by atoms with van der Waals surface area (Å²) in [5.74, 6) is 0. The number of aliphatic imine (C=N–C) groups is 1. The molecule has 0 aromatic carbocycles. The van der Waals surface area contributed by atoms with Crippen LogP contribution < -0.4 is 0 Å². The predicted octanol–water partition coefficient (Wildman–Crippen LogP) is 1.56. The molecule has 0 unspecified atom stereocenters. The van der Waals surface area contributed by atoms with Gasteiger partial charge in [0.2, 0.25) is 0 Å². The molecule has 0 fully saturated rings. The van der Waals surface area contributed by atoms with E-state index in [4.69, 9.17) is 23.4 Å². The fourth-order valence-corrected chi connectivity index (χ4v) is 0.799. The van der Waals surface area contributed by atoms with Gasteiger partial charge in [0.25, 0.3) is 0 Å². The smallest absolute Gasteiger partial charge is 0.145 e. The highest BCUT2D eigenvalue weighted by molar-refractivity contribution is 6.30. The Morgan fingerprint density at radius 3 is 2.88 bits per heavy atom. The van der Waals surface area contributed by atoms with Crippen molar-refractivity contribution in [1.29, 1.82) is 0 Å². The lowest BCUT2D eigenvalue weighted by Gasteiger charge is -2.09. The zero-order valence-corrected chi connectivity index (χ0v) is 5.52. The summed E-state index contributed by atoms with van der Waals surface area (Å²) in [6, 6.07) is 0. The summed E-state index contributed by atoms with van der Waals surface area (Å²) in [5.41, 5.74) is 0. The molecule has 0 bridgehead atoms. The van der Waals surface area contributed by atoms with Gasteiger partial charge < -0.3 is 0 Å². The first-order valence-corrected chi connectivity index (χ1v) is 2.83. The minimum atomic E-state index is 0.422. The lowest BCUT2D eigenvalue weighted by atomic mass is 10.6. The van der Waals surface area contributed by atoms with Gasteiger partial charge in [-0.2, -0.15) is 0 Å². The summed E-state index contributed by atoms with van der Waals surface area (Å²) >= 11 is 10.9. The molecule has 2 nitrogen and oxygen atoms in total. The molecular formula is C4H4Cl2N2. The van der Waals surface area contributed by atoms with Gasteiger partial charge in [-0.3, -0.25) is 4.42 Å². The minimum absolute atomic E-state index is 0.422. The third-order valence-electron chi connectivity index (χ3n) is 0.717. The summed E-state index contributed by atoms with van der Waals surface area (Å²) < 4.78 is 1.44. The fourth-order valence-electron chi connectivity index (χ4n) is 0.408. The van der Waals surface area contributed by atoms with Gasteiger partial charge in [-0.25, -0.2) is 4.99 Å². The molecule has 0 amide bonds. The van der Waals surface area contributed by atoms with Gasteiger partial charge in [0.15, 0.2) is 0 Å². The summed E-state index contributed by atoms with van der Waals surface area (Å²) in [5, 5.41) is 0.422. The van der Waals surface area contributed by atoms with Crippen molar-refractivity contribution >= 4 is 29.6 Å². The second-order valence-electron chi connectivity index (χ2n) is 1.35. The molecule has 1 rings (SSSR count). The van der Waals surface area contributed by atoms with Crippen LogP contribution in [0.25, 0.3) is 0 Å². The molecule has 4 heteroatoms. The summed E-state index contributed by atoms with van der Waals surface area (Å²) in [7, 11) is 0. The van der Waals surface area contributed by atoms with Gasteiger partial charge in [0.05, 0.1) is 12.7 Å². The van der Waals surface area contributed by atoms with Crippen LogP contribution >= 0.6 is 23.4 Å². The maximum absolute atomic E-state index is 5.49. The lowest BCUT2D eigenvalue weighted by Crippen LogP contribution is -2.10. The van der Waals surface area contributed by atoms with Crippen LogP contribution in [0.5, 0.6) is 0 Å². The van der Waals surface area contributed by atoms with Gasteiger partial charge in [-0.05, 0) is 0 Å². The Hall–Kier alpha value is -0.210. The highest BCUT2D eigenvalue weighted by atomic mass is 35.5. The molecule has 0 atom stereocenters. The van der Waals surface area contributed by atoms with Crippen molar-refractivity contribution in [3.8, 4) is 0 Å². The van der Waals surface area contributed by atoms with E-state index in [1.54, 1.807) is 12.4 Å². The van der Waals surface area contributed by atoms with Crippen LogP contribution in [0.2, 0.25) is 0 Å². The van der Waals surface area contributed by atoms with Crippen molar-refractivity contribution in [3.05, 3.63) is 11.4 Å². The van der Waals surface area contributed by atoms with E-state index in [1.165, 1.54) is 4.42 Å². The Morgan fingerprint density at radius 2 is 2.50 bits per heavy atom. The monoisotopic (exact) mass is 150 g/mol. The first-order valence-electron chi connectivity index (χ1n) is 2.11. The first-order chi connectivity index (χ1) is 3.79. The molecule has 0 aliphatic carbocycles. The third kappa shape index (κ3) is 1.39. The Bertz CT molecular complexity index is 141. The Kier molecular flexibility index (Phi) is 1.76. The quantitative estimate of drug-likeness (QED) is 0.379. The topological polar surface area (TPSA) is 15.6 Å². The maximum Gasteiger partial charge on any atom is 0.145 e. The second-order valence-corrected chi connectivity index (χ2v) is 2.17. The van der Waals surface area contributed by atoms with Crippen LogP contribution in [-0.4, -0.2) is 17.2 Å². The van der Waals surface area contributed by atoms with Crippen molar-refractivity contribution in [2.45, 2.75) is 0 Å². The van der Waals surface area contributed by atoms with Gasteiger partial charge >= 0.3 is 0 Å². The first kappa shape index (κ1) is 5.92. The maximum atomic E-state index is 5.49. The molecular weight excluding hydrogens is 147 g/mol. The van der Waals surface area contributed by atoms with E-state index in [0.717, 1.165) is 0 Å². The van der Waals surface area contributed by atoms with Crippen molar-refractivity contribution in [2.24, 2.45) is 4.99 Å². The van der Waals surface area contributed by atoms with Crippen LogP contribution in [0.4, 0.5) is 0 Å². The van der Waals surface area contributed by atoms with E-state index in [0.29, 0.717) is 11.7 Å². The number of rotatable bonds is 0. The molecule has 0 spiro atoms. The van der Waals surface area contributed by atoms with Crippen molar-refractivity contribution < 1.29 is 0 Å². The largest absolute Gasteiger partial charge is 0.284 e. The fraction of sp³-hybridized carbons (Fsp3) is 0.250. The third-order valence-corrected chi connectivity index (χ3v) is 1.15. The SMILES string of the molecule is ClC1=CN(Cl)CC=N1. The van der Waals surface area contributed by atoms with Gasteiger partial charge in [0.1, 0.15) is 5.16 Å². The molecule has 44 valence electrons. The van der Waals surface area contributed by atoms with E-state index in [2.05, 4.69) is 4.99 Å². The van der Waals surface area contributed by atoms with Gasteiger partial charge in [-0.1, -0.05) is 11.6 Å². The van der Waals surface area contributed by atoms with Crippen LogP contribution in [-0.2, 0) is 0 Å². The number of hydrogen-bond donors (Lipinski definition) is 0. The molecule has 0 saturated carbocycles. The average molecular weight is 151 g/mol. The molecule has 8 heavy (non-hydrogen) atoms. The van der Waals surface area contributed by atoms with Gasteiger partial charge in [0, 0.05) is 18.0 Å². The number of nitrogens with zero attached hydrogens (tertiary/aromatic N) is 2. The highest BCUT2D eigenvalue weighted by Gasteiger charge is 1.98. The molecule has 1 aliphatic heterocycles. The van der Waals surface area contributed by atoms with E-state index in [-0.39, 0.29) is 0 Å². The normalized spacial score (nSPS) is 18.8. The molecule has 1 heterocycles. The lowest BCUT2D eigenvalue weighted by molar-refractivity contribution is 0.690. The highest BCUT2D eigenvalue weighted by Crippen LogP contribution is 2.09. The van der Waals surface area contributed by atoms with E-state index in [1.807, 2.05) is 0 Å². The van der Waals surface area contributed by atoms with Crippen LogP contribution in [0.3, 0.4) is 0 Å². The summed E-state index contributed by atoms with van der Waals surface area (Å²) in [6.07, 6.45) is 3.21. The number of halogens is 2. The average Bonchev–Trinajstić information content (AvgIpc) is 1.64. The Morgan fingerprint density at radius 1 is 1.75 bits per heavy atom. The zero-order chi connectivity index (χ0) is 5.98. The van der Waals surface area contributed by atoms with E-state index in [9.17, 15) is 0 Å². The Labute approximate surface area is 57.5 Å². The summed E-state index contributed by atoms with van der Waals surface area (Å²) in [4.78, 5) is 3.76. The molecule has 0 N–H and O–H groups in total. The summed E-state index contributed by atoms with van der Waals surface area (Å²) in [6.45, 7) is 0.623. The van der Waals surface area contributed by atoms with Crippen molar-refractivity contribution in [2.75, 3.05) is 6.54 Å². The molecule has 1 aliphatic rings. The standard InChI is InChI=1S/C4H4Cl2N2/c5-4-3-8(6)2-1-7-4/h1,3H,2H2. The Balaban J connectivity index is 2.63. The van der Waals surface area contributed by atoms with Crippen LogP contribution in [0.15, 0.2) is 16.3 Å². The minimum Gasteiger partial charge on any atom is -0.284 e. The number of hydrogen-bond acceptors (Lipinski definition) is 2. The molecule has 0 radical (unpaired) electrons. The van der Waals surface area contributed by atoms with E-state index >= 15 is 0 Å². The zero-order valence-electron chi connectivity index (χ0n) is 4.01. The van der Waals surface area contributed by atoms with Crippen LogP contribution in [0, 0.1) is 0 Å². The predicted molar refractivity (Wildman–Crippen MR) is 35.0 cm³/mol. The van der Waals surface area contributed by atoms with Crippen molar-refractivity contribution in [3.63, 3.8) is 0 Å². The van der Waals surface area contributed by atoms with E-state index < -0.39 is 0 Å². The van der Waals surface area contributed by atoms with Gasteiger partial charge in [-0.15, -0.1) is 0 Å². The van der Waals surface area contributed by atoms with Crippen LogP contribution in [0.1, 0.15) is 0 Å². The molecule has 0 saturated heterocycles. The second kappa shape index (κ2) is 2.37. The molecule has 0 aromatic rings.